The second kappa shape index (κ2) is 10.0. The molecule has 7 heteroatoms. The molecule has 6 nitrogen and oxygen atoms in total. The number of halogens is 1. The summed E-state index contributed by atoms with van der Waals surface area (Å²) in [6.07, 6.45) is 3.42. The molecule has 3 aromatic rings. The number of guanidine groups is 1. The summed E-state index contributed by atoms with van der Waals surface area (Å²) in [4.78, 5) is 10.3. The highest BCUT2D eigenvalue weighted by molar-refractivity contribution is 14.0. The summed E-state index contributed by atoms with van der Waals surface area (Å²) < 4.78 is 11.5. The Morgan fingerprint density at radius 1 is 1.27 bits per heavy atom. The van der Waals surface area contributed by atoms with E-state index in [1.807, 2.05) is 48.3 Å². The zero-order valence-corrected chi connectivity index (χ0v) is 17.2. The summed E-state index contributed by atoms with van der Waals surface area (Å²) >= 11 is 0. The van der Waals surface area contributed by atoms with Gasteiger partial charge in [-0.05, 0) is 24.3 Å². The van der Waals surface area contributed by atoms with Crippen LogP contribution in [0.5, 0.6) is 5.75 Å². The lowest BCUT2D eigenvalue weighted by molar-refractivity contribution is 0.317. The van der Waals surface area contributed by atoms with E-state index in [1.54, 1.807) is 19.4 Å². The molecule has 3 rings (SSSR count). The molecule has 1 aromatic carbocycles. The van der Waals surface area contributed by atoms with Gasteiger partial charge in [0.25, 0.3) is 0 Å². The van der Waals surface area contributed by atoms with Crippen molar-refractivity contribution >= 4 is 40.9 Å². The molecule has 0 atom stereocenters. The average molecular weight is 466 g/mol. The summed E-state index contributed by atoms with van der Waals surface area (Å²) in [7, 11) is 3.74. The van der Waals surface area contributed by atoms with Crippen LogP contribution in [0.3, 0.4) is 0 Å². The van der Waals surface area contributed by atoms with Crippen molar-refractivity contribution in [2.24, 2.45) is 4.99 Å². The molecule has 2 heterocycles. The molecule has 0 amide bonds. The second-order valence-electron chi connectivity index (χ2n) is 5.62. The fourth-order valence-corrected chi connectivity index (χ4v) is 2.57. The number of nitrogens with one attached hydrogen (secondary N) is 1. The highest BCUT2D eigenvalue weighted by Crippen LogP contribution is 2.19. The first kappa shape index (κ1) is 20.0. The molecule has 0 fully saturated rings. The SMILES string of the molecule is CN=C(NCCOc1cccnc1)N(C)Cc1cc2ccccc2o1.I. The van der Waals surface area contributed by atoms with E-state index in [4.69, 9.17) is 9.15 Å². The molecule has 0 spiro atoms. The fraction of sp³-hybridized carbons (Fsp3) is 0.263. The number of ether oxygens (including phenoxy) is 1. The summed E-state index contributed by atoms with van der Waals surface area (Å²) in [6, 6.07) is 13.8. The minimum atomic E-state index is 0. The third-order valence-corrected chi connectivity index (χ3v) is 3.73. The van der Waals surface area contributed by atoms with Crippen molar-refractivity contribution < 1.29 is 9.15 Å². The molecular formula is C19H23IN4O2. The number of hydrogen-bond acceptors (Lipinski definition) is 4. The van der Waals surface area contributed by atoms with Crippen LogP contribution in [0.15, 0.2) is 64.3 Å². The van der Waals surface area contributed by atoms with Crippen molar-refractivity contribution in [2.45, 2.75) is 6.54 Å². The van der Waals surface area contributed by atoms with Crippen molar-refractivity contribution in [3.8, 4) is 5.75 Å². The van der Waals surface area contributed by atoms with Gasteiger partial charge in [-0.2, -0.15) is 0 Å². The maximum Gasteiger partial charge on any atom is 0.193 e. The summed E-state index contributed by atoms with van der Waals surface area (Å²) in [5, 5.41) is 4.39. The smallest absolute Gasteiger partial charge is 0.193 e. The lowest BCUT2D eigenvalue weighted by Gasteiger charge is -2.21. The molecule has 1 N–H and O–H groups in total. The monoisotopic (exact) mass is 466 g/mol. The fourth-order valence-electron chi connectivity index (χ4n) is 2.57. The van der Waals surface area contributed by atoms with Crippen LogP contribution < -0.4 is 10.1 Å². The van der Waals surface area contributed by atoms with Gasteiger partial charge in [0.1, 0.15) is 23.7 Å². The minimum Gasteiger partial charge on any atom is -0.490 e. The van der Waals surface area contributed by atoms with Crippen LogP contribution in [0.25, 0.3) is 11.0 Å². The number of nitrogens with zero attached hydrogens (tertiary/aromatic N) is 3. The molecule has 138 valence electrons. The van der Waals surface area contributed by atoms with Crippen LogP contribution in [0.1, 0.15) is 5.76 Å². The Balaban J connectivity index is 0.00000243. The van der Waals surface area contributed by atoms with Gasteiger partial charge >= 0.3 is 0 Å². The topological polar surface area (TPSA) is 62.9 Å². The standard InChI is InChI=1S/C19H22N4O2.HI/c1-20-19(22-10-11-24-16-7-5-9-21-13-16)23(2)14-17-12-15-6-3-4-8-18(15)25-17;/h3-9,12-13H,10-11,14H2,1-2H3,(H,20,22);1H. The first-order valence-electron chi connectivity index (χ1n) is 8.18. The average Bonchev–Trinajstić information content (AvgIpc) is 3.04. The zero-order chi connectivity index (χ0) is 17.5. The molecule has 0 radical (unpaired) electrons. The molecule has 0 saturated carbocycles. The molecular weight excluding hydrogens is 443 g/mol. The lowest BCUT2D eigenvalue weighted by atomic mass is 10.2. The number of pyridine rings is 1. The van der Waals surface area contributed by atoms with E-state index in [0.29, 0.717) is 19.7 Å². The van der Waals surface area contributed by atoms with Crippen molar-refractivity contribution in [3.05, 3.63) is 60.6 Å². The first-order valence-corrected chi connectivity index (χ1v) is 8.18. The maximum absolute atomic E-state index is 5.86. The first-order chi connectivity index (χ1) is 12.3. The molecule has 0 unspecified atom stereocenters. The predicted octanol–water partition coefficient (Wildman–Crippen LogP) is 3.53. The van der Waals surface area contributed by atoms with E-state index in [1.165, 1.54) is 0 Å². The summed E-state index contributed by atoms with van der Waals surface area (Å²) in [6.45, 7) is 1.81. The second-order valence-corrected chi connectivity index (χ2v) is 5.62. The van der Waals surface area contributed by atoms with Gasteiger partial charge in [0.2, 0.25) is 0 Å². The Kier molecular flexibility index (Phi) is 7.71. The number of para-hydroxylation sites is 1. The number of rotatable bonds is 6. The normalized spacial score (nSPS) is 11.1. The highest BCUT2D eigenvalue weighted by atomic mass is 127. The molecule has 0 saturated heterocycles. The van der Waals surface area contributed by atoms with Crippen molar-refractivity contribution in [3.63, 3.8) is 0 Å². The van der Waals surface area contributed by atoms with E-state index in [9.17, 15) is 0 Å². The van der Waals surface area contributed by atoms with Gasteiger partial charge in [0.05, 0.1) is 19.3 Å². The van der Waals surface area contributed by atoms with E-state index in [0.717, 1.165) is 28.4 Å². The Labute approximate surface area is 170 Å². The number of aliphatic imine (C=N–C) groups is 1. The Morgan fingerprint density at radius 3 is 2.85 bits per heavy atom. The Bertz CT molecular complexity index is 803. The van der Waals surface area contributed by atoms with Crippen LogP contribution in [-0.4, -0.2) is 43.1 Å². The Hall–Kier alpha value is -2.29. The van der Waals surface area contributed by atoms with Crippen LogP contribution in [0.4, 0.5) is 0 Å². The van der Waals surface area contributed by atoms with E-state index < -0.39 is 0 Å². The molecule has 0 aliphatic rings. The quantitative estimate of drug-likeness (QED) is 0.261. The van der Waals surface area contributed by atoms with Gasteiger partial charge in [-0.15, -0.1) is 24.0 Å². The van der Waals surface area contributed by atoms with E-state index in [-0.39, 0.29) is 24.0 Å². The predicted molar refractivity (Wildman–Crippen MR) is 114 cm³/mol. The third kappa shape index (κ3) is 5.35. The number of benzene rings is 1. The summed E-state index contributed by atoms with van der Waals surface area (Å²) in [5.41, 5.74) is 0.902. The largest absolute Gasteiger partial charge is 0.490 e. The van der Waals surface area contributed by atoms with Gasteiger partial charge in [-0.1, -0.05) is 18.2 Å². The number of hydrogen-bond donors (Lipinski definition) is 1. The third-order valence-electron chi connectivity index (χ3n) is 3.73. The van der Waals surface area contributed by atoms with Gasteiger partial charge in [0, 0.05) is 25.7 Å². The van der Waals surface area contributed by atoms with Crippen LogP contribution in [-0.2, 0) is 6.54 Å². The summed E-state index contributed by atoms with van der Waals surface area (Å²) in [5.74, 6) is 2.45. The molecule has 26 heavy (non-hydrogen) atoms. The van der Waals surface area contributed by atoms with Crippen molar-refractivity contribution in [1.29, 1.82) is 0 Å². The van der Waals surface area contributed by atoms with Gasteiger partial charge < -0.3 is 19.4 Å². The highest BCUT2D eigenvalue weighted by Gasteiger charge is 2.10. The van der Waals surface area contributed by atoms with E-state index in [2.05, 4.69) is 21.4 Å². The number of fused-ring (bicyclic) bond motifs is 1. The van der Waals surface area contributed by atoms with Gasteiger partial charge in [0.15, 0.2) is 5.96 Å². The molecule has 0 bridgehead atoms. The van der Waals surface area contributed by atoms with Crippen LogP contribution in [0, 0.1) is 0 Å². The number of aromatic nitrogens is 1. The van der Waals surface area contributed by atoms with Crippen molar-refractivity contribution in [1.82, 2.24) is 15.2 Å². The molecule has 0 aliphatic heterocycles. The zero-order valence-electron chi connectivity index (χ0n) is 14.9. The van der Waals surface area contributed by atoms with Gasteiger partial charge in [-0.3, -0.25) is 9.98 Å². The van der Waals surface area contributed by atoms with Gasteiger partial charge in [-0.25, -0.2) is 0 Å². The maximum atomic E-state index is 5.86. The van der Waals surface area contributed by atoms with E-state index >= 15 is 0 Å². The van der Waals surface area contributed by atoms with Crippen LogP contribution >= 0.6 is 24.0 Å². The van der Waals surface area contributed by atoms with Crippen molar-refractivity contribution in [2.75, 3.05) is 27.2 Å². The molecule has 2 aromatic heterocycles. The number of furan rings is 1. The molecule has 0 aliphatic carbocycles. The van der Waals surface area contributed by atoms with Crippen LogP contribution in [0.2, 0.25) is 0 Å². The minimum absolute atomic E-state index is 0. The lowest BCUT2D eigenvalue weighted by Crippen LogP contribution is -2.40. The Morgan fingerprint density at radius 2 is 2.12 bits per heavy atom.